The van der Waals surface area contributed by atoms with E-state index in [0.29, 0.717) is 0 Å². The standard InChI is InChI=1S/C25H23N3O4/c29-23-17-16-22(27(23)25(31)32-18-19-10-4-1-5-11-19)24(30)26-28(20-12-6-2-7-13-20)21-14-8-3-9-15-21/h1-15,22H,16-18H2,(H,26,30)/t22-/m1/s1. The Balaban J connectivity index is 1.50. The third kappa shape index (κ3) is 4.78. The number of likely N-dealkylation sites (tertiary alicyclic amines) is 1. The molecule has 0 aromatic heterocycles. The second-order valence-corrected chi connectivity index (χ2v) is 7.34. The van der Waals surface area contributed by atoms with Crippen molar-refractivity contribution in [3.63, 3.8) is 0 Å². The lowest BCUT2D eigenvalue weighted by Gasteiger charge is -2.29. The minimum atomic E-state index is -0.944. The zero-order valence-electron chi connectivity index (χ0n) is 17.4. The number of amides is 3. The van der Waals surface area contributed by atoms with E-state index in [0.717, 1.165) is 21.8 Å². The fourth-order valence-corrected chi connectivity index (χ4v) is 3.57. The lowest BCUT2D eigenvalue weighted by atomic mass is 10.2. The minimum absolute atomic E-state index is 0.0257. The van der Waals surface area contributed by atoms with Crippen molar-refractivity contribution in [1.82, 2.24) is 10.3 Å². The Morgan fingerprint density at radius 2 is 1.41 bits per heavy atom. The van der Waals surface area contributed by atoms with Gasteiger partial charge in [0, 0.05) is 6.42 Å². The number of benzene rings is 3. The fraction of sp³-hybridized carbons (Fsp3) is 0.160. The Morgan fingerprint density at radius 1 is 0.875 bits per heavy atom. The number of imide groups is 1. The molecule has 7 heteroatoms. The normalized spacial score (nSPS) is 15.3. The highest BCUT2D eigenvalue weighted by Gasteiger charge is 2.42. The van der Waals surface area contributed by atoms with Gasteiger partial charge in [0.2, 0.25) is 5.91 Å². The molecule has 0 unspecified atom stereocenters. The topological polar surface area (TPSA) is 79.0 Å². The number of nitrogens with one attached hydrogen (secondary N) is 1. The molecule has 1 aliphatic heterocycles. The predicted octanol–water partition coefficient (Wildman–Crippen LogP) is 4.18. The number of nitrogens with zero attached hydrogens (tertiary/aromatic N) is 2. The number of rotatable bonds is 6. The maximum atomic E-state index is 13.2. The first kappa shape index (κ1) is 21.1. The van der Waals surface area contributed by atoms with Crippen LogP contribution in [0.4, 0.5) is 16.2 Å². The molecule has 1 heterocycles. The lowest BCUT2D eigenvalue weighted by molar-refractivity contribution is -0.133. The van der Waals surface area contributed by atoms with Crippen LogP contribution in [0.3, 0.4) is 0 Å². The summed E-state index contributed by atoms with van der Waals surface area (Å²) in [6.45, 7) is 0.0257. The van der Waals surface area contributed by atoms with E-state index in [2.05, 4.69) is 5.43 Å². The Morgan fingerprint density at radius 3 is 1.97 bits per heavy atom. The van der Waals surface area contributed by atoms with Crippen molar-refractivity contribution >= 4 is 29.3 Å². The number of hydrogen-bond acceptors (Lipinski definition) is 5. The molecule has 0 saturated carbocycles. The number of anilines is 2. The van der Waals surface area contributed by atoms with E-state index in [1.807, 2.05) is 91.0 Å². The highest BCUT2D eigenvalue weighted by Crippen LogP contribution is 2.25. The highest BCUT2D eigenvalue weighted by atomic mass is 16.6. The summed E-state index contributed by atoms with van der Waals surface area (Å²) in [5.74, 6) is -0.880. The van der Waals surface area contributed by atoms with Crippen LogP contribution in [0.1, 0.15) is 18.4 Å². The number of ether oxygens (including phenoxy) is 1. The van der Waals surface area contributed by atoms with E-state index >= 15 is 0 Å². The van der Waals surface area contributed by atoms with Crippen molar-refractivity contribution in [2.75, 3.05) is 5.01 Å². The van der Waals surface area contributed by atoms with Crippen molar-refractivity contribution in [3.05, 3.63) is 96.6 Å². The zero-order chi connectivity index (χ0) is 22.3. The maximum absolute atomic E-state index is 13.2. The van der Waals surface area contributed by atoms with E-state index in [4.69, 9.17) is 4.74 Å². The number of hydrazine groups is 1. The third-order valence-electron chi connectivity index (χ3n) is 5.17. The molecule has 7 nitrogen and oxygen atoms in total. The molecule has 162 valence electrons. The van der Waals surface area contributed by atoms with Gasteiger partial charge in [-0.3, -0.25) is 20.0 Å². The first-order valence-corrected chi connectivity index (χ1v) is 10.4. The number of hydrogen-bond donors (Lipinski definition) is 1. The van der Waals surface area contributed by atoms with E-state index in [1.165, 1.54) is 0 Å². The van der Waals surface area contributed by atoms with E-state index in [9.17, 15) is 14.4 Å². The molecule has 3 aromatic carbocycles. The van der Waals surface area contributed by atoms with E-state index in [1.54, 1.807) is 5.01 Å². The molecule has 3 amide bonds. The fourth-order valence-electron chi connectivity index (χ4n) is 3.57. The molecule has 4 rings (SSSR count). The van der Waals surface area contributed by atoms with Crippen molar-refractivity contribution < 1.29 is 19.1 Å². The Kier molecular flexibility index (Phi) is 6.46. The van der Waals surface area contributed by atoms with Crippen LogP contribution >= 0.6 is 0 Å². The smallest absolute Gasteiger partial charge is 0.417 e. The molecular formula is C25H23N3O4. The summed E-state index contributed by atoms with van der Waals surface area (Å²) in [6.07, 6.45) is -0.472. The first-order chi connectivity index (χ1) is 15.6. The van der Waals surface area contributed by atoms with Crippen LogP contribution in [0.15, 0.2) is 91.0 Å². The number of para-hydroxylation sites is 2. The Bertz CT molecular complexity index is 1030. The molecule has 0 radical (unpaired) electrons. The summed E-state index contributed by atoms with van der Waals surface area (Å²) in [6, 6.07) is 26.9. The van der Waals surface area contributed by atoms with E-state index in [-0.39, 0.29) is 19.4 Å². The molecule has 32 heavy (non-hydrogen) atoms. The summed E-state index contributed by atoms with van der Waals surface area (Å²) in [4.78, 5) is 39.2. The SMILES string of the molecule is O=C(NN(c1ccccc1)c1ccccc1)[C@H]1CCC(=O)N1C(=O)OCc1ccccc1. The molecule has 3 aromatic rings. The average molecular weight is 429 g/mol. The second kappa shape index (κ2) is 9.78. The van der Waals surface area contributed by atoms with Crippen LogP contribution in [-0.2, 0) is 20.9 Å². The molecule has 1 N–H and O–H groups in total. The predicted molar refractivity (Wildman–Crippen MR) is 120 cm³/mol. The van der Waals surface area contributed by atoms with Gasteiger partial charge in [-0.25, -0.2) is 9.69 Å². The van der Waals surface area contributed by atoms with Crippen molar-refractivity contribution in [2.45, 2.75) is 25.5 Å². The summed E-state index contributed by atoms with van der Waals surface area (Å²) in [5.41, 5.74) is 5.15. The van der Waals surface area contributed by atoms with Crippen LogP contribution in [-0.4, -0.2) is 28.8 Å². The summed E-state index contributed by atoms with van der Waals surface area (Å²) in [5, 5.41) is 1.64. The number of carbonyl (C=O) groups excluding carboxylic acids is 3. The van der Waals surface area contributed by atoms with Gasteiger partial charge in [0.1, 0.15) is 12.6 Å². The number of carbonyl (C=O) groups is 3. The molecule has 1 atom stereocenters. The summed E-state index contributed by atoms with van der Waals surface area (Å²) < 4.78 is 5.31. The first-order valence-electron chi connectivity index (χ1n) is 10.4. The van der Waals surface area contributed by atoms with Crippen molar-refractivity contribution in [1.29, 1.82) is 0 Å². The van der Waals surface area contributed by atoms with Gasteiger partial charge in [0.25, 0.3) is 5.91 Å². The van der Waals surface area contributed by atoms with E-state index < -0.39 is 23.9 Å². The highest BCUT2D eigenvalue weighted by molar-refractivity contribution is 6.01. The van der Waals surface area contributed by atoms with Gasteiger partial charge in [0.05, 0.1) is 11.4 Å². The van der Waals surface area contributed by atoms with Crippen LogP contribution in [0.2, 0.25) is 0 Å². The van der Waals surface area contributed by atoms with Crippen LogP contribution in [0, 0.1) is 0 Å². The van der Waals surface area contributed by atoms with Crippen LogP contribution in [0.25, 0.3) is 0 Å². The summed E-state index contributed by atoms with van der Waals surface area (Å²) >= 11 is 0. The Hall–Kier alpha value is -4.13. The Labute approximate surface area is 186 Å². The third-order valence-corrected chi connectivity index (χ3v) is 5.17. The van der Waals surface area contributed by atoms with Gasteiger partial charge in [-0.05, 0) is 36.2 Å². The van der Waals surface area contributed by atoms with Gasteiger partial charge in [-0.1, -0.05) is 66.7 Å². The molecule has 1 saturated heterocycles. The summed E-state index contributed by atoms with van der Waals surface area (Å²) in [7, 11) is 0. The van der Waals surface area contributed by atoms with Crippen molar-refractivity contribution in [3.8, 4) is 0 Å². The van der Waals surface area contributed by atoms with Gasteiger partial charge < -0.3 is 4.74 Å². The molecule has 1 fully saturated rings. The lowest BCUT2D eigenvalue weighted by Crippen LogP contribution is -2.51. The van der Waals surface area contributed by atoms with Crippen molar-refractivity contribution in [2.24, 2.45) is 0 Å². The molecule has 1 aliphatic rings. The van der Waals surface area contributed by atoms with Gasteiger partial charge in [-0.15, -0.1) is 0 Å². The minimum Gasteiger partial charge on any atom is -0.444 e. The van der Waals surface area contributed by atoms with Crippen LogP contribution in [0.5, 0.6) is 0 Å². The molecular weight excluding hydrogens is 406 g/mol. The quantitative estimate of drug-likeness (QED) is 0.595. The van der Waals surface area contributed by atoms with Crippen LogP contribution < -0.4 is 10.4 Å². The van der Waals surface area contributed by atoms with Gasteiger partial charge >= 0.3 is 6.09 Å². The average Bonchev–Trinajstić information content (AvgIpc) is 3.24. The molecule has 0 aliphatic carbocycles. The molecule has 0 bridgehead atoms. The van der Waals surface area contributed by atoms with Gasteiger partial charge in [-0.2, -0.15) is 0 Å². The monoisotopic (exact) mass is 429 g/mol. The largest absolute Gasteiger partial charge is 0.444 e. The molecule has 0 spiro atoms. The zero-order valence-corrected chi connectivity index (χ0v) is 17.4. The van der Waals surface area contributed by atoms with Gasteiger partial charge in [0.15, 0.2) is 0 Å². The maximum Gasteiger partial charge on any atom is 0.417 e. The second-order valence-electron chi connectivity index (χ2n) is 7.34.